The Labute approximate surface area is 74.8 Å². The maximum Gasteiger partial charge on any atom is 0.372 e. The van der Waals surface area contributed by atoms with Gasteiger partial charge in [0, 0.05) is 13.0 Å². The minimum atomic E-state index is -1.58. The summed E-state index contributed by atoms with van der Waals surface area (Å²) in [7, 11) is 0. The molecule has 0 aliphatic rings. The molecule has 3 N–H and O–H groups in total. The summed E-state index contributed by atoms with van der Waals surface area (Å²) < 4.78 is 0. The topological polar surface area (TPSA) is 112 Å². The molecular formula is C7H12O6. The number of aliphatic carboxylic acids is 2. The zero-order valence-electron chi connectivity index (χ0n) is 7.19. The van der Waals surface area contributed by atoms with E-state index < -0.39 is 30.6 Å². The molecule has 0 radical (unpaired) electrons. The van der Waals surface area contributed by atoms with Crippen LogP contribution in [0.2, 0.25) is 0 Å². The van der Waals surface area contributed by atoms with Crippen LogP contribution in [0.1, 0.15) is 19.8 Å². The van der Waals surface area contributed by atoms with Gasteiger partial charge in [0.05, 0.1) is 6.42 Å². The second-order valence-electron chi connectivity index (χ2n) is 1.94. The number of carboxylic acids is 2. The van der Waals surface area contributed by atoms with Crippen molar-refractivity contribution in [3.8, 4) is 0 Å². The van der Waals surface area contributed by atoms with Gasteiger partial charge in [-0.2, -0.15) is 0 Å². The number of aliphatic hydroxyl groups is 1. The highest BCUT2D eigenvalue weighted by Gasteiger charge is 2.12. The third-order valence-corrected chi connectivity index (χ3v) is 0.804. The fourth-order valence-corrected chi connectivity index (χ4v) is 0.327. The van der Waals surface area contributed by atoms with Gasteiger partial charge in [-0.05, 0) is 6.92 Å². The minimum absolute atomic E-state index is 0.250. The highest BCUT2D eigenvalue weighted by molar-refractivity contribution is 6.32. The lowest BCUT2D eigenvalue weighted by molar-refractivity contribution is -0.149. The van der Waals surface area contributed by atoms with Gasteiger partial charge in [0.2, 0.25) is 5.78 Å². The van der Waals surface area contributed by atoms with Crippen molar-refractivity contribution in [2.75, 3.05) is 6.61 Å². The third-order valence-electron chi connectivity index (χ3n) is 0.804. The maximum absolute atomic E-state index is 10.2. The van der Waals surface area contributed by atoms with Crippen LogP contribution in [0.25, 0.3) is 0 Å². The van der Waals surface area contributed by atoms with Crippen LogP contribution < -0.4 is 0 Å². The number of hydrogen-bond donors (Lipinski definition) is 3. The number of carboxylic acid groups (broad SMARTS) is 2. The van der Waals surface area contributed by atoms with Gasteiger partial charge >= 0.3 is 11.9 Å². The van der Waals surface area contributed by atoms with Crippen LogP contribution in [0.15, 0.2) is 0 Å². The fourth-order valence-electron chi connectivity index (χ4n) is 0.327. The predicted molar refractivity (Wildman–Crippen MR) is 42.3 cm³/mol. The highest BCUT2D eigenvalue weighted by atomic mass is 16.4. The van der Waals surface area contributed by atoms with Crippen molar-refractivity contribution in [2.24, 2.45) is 0 Å². The van der Waals surface area contributed by atoms with Crippen LogP contribution in [-0.2, 0) is 14.4 Å². The van der Waals surface area contributed by atoms with Crippen LogP contribution in [0.5, 0.6) is 0 Å². The smallest absolute Gasteiger partial charge is 0.372 e. The average molecular weight is 192 g/mol. The first-order chi connectivity index (χ1) is 5.95. The lowest BCUT2D eigenvalue weighted by atomic mass is 10.2. The van der Waals surface area contributed by atoms with Gasteiger partial charge in [-0.1, -0.05) is 0 Å². The molecule has 0 fully saturated rings. The van der Waals surface area contributed by atoms with E-state index in [1.54, 1.807) is 6.92 Å². The number of Topliss-reactive ketones (excluding diaryl/α,β-unsaturated/α-hetero) is 1. The first-order valence-electron chi connectivity index (χ1n) is 3.54. The Morgan fingerprint density at radius 1 is 1.08 bits per heavy atom. The molecule has 0 atom stereocenters. The Balaban J connectivity index is 0. The van der Waals surface area contributed by atoms with E-state index in [0.29, 0.717) is 0 Å². The number of carbonyl (C=O) groups is 3. The van der Waals surface area contributed by atoms with Crippen LogP contribution in [0, 0.1) is 0 Å². The third kappa shape index (κ3) is 13.5. The first-order valence-corrected chi connectivity index (χ1v) is 3.54. The maximum atomic E-state index is 10.2. The molecule has 0 saturated carbocycles. The summed E-state index contributed by atoms with van der Waals surface area (Å²) in [5.74, 6) is -3.82. The van der Waals surface area contributed by atoms with Gasteiger partial charge in [-0.25, -0.2) is 4.79 Å². The Bertz CT molecular complexity index is 185. The molecule has 0 aromatic rings. The van der Waals surface area contributed by atoms with Crippen molar-refractivity contribution < 1.29 is 29.7 Å². The zero-order valence-corrected chi connectivity index (χ0v) is 7.19. The van der Waals surface area contributed by atoms with Crippen LogP contribution in [-0.4, -0.2) is 39.6 Å². The van der Waals surface area contributed by atoms with Crippen molar-refractivity contribution >= 4 is 17.7 Å². The largest absolute Gasteiger partial charge is 0.481 e. The van der Waals surface area contributed by atoms with Gasteiger partial charge in [0.1, 0.15) is 0 Å². The molecule has 0 aliphatic heterocycles. The Morgan fingerprint density at radius 3 is 1.69 bits per heavy atom. The van der Waals surface area contributed by atoms with E-state index in [0.717, 1.165) is 0 Å². The lowest BCUT2D eigenvalue weighted by Gasteiger charge is -1.88. The van der Waals surface area contributed by atoms with E-state index in [-0.39, 0.29) is 6.61 Å². The molecule has 0 bridgehead atoms. The summed E-state index contributed by atoms with van der Waals surface area (Å²) in [5, 5.41) is 23.5. The van der Waals surface area contributed by atoms with E-state index in [4.69, 9.17) is 15.3 Å². The number of hydrogen-bond acceptors (Lipinski definition) is 4. The quantitative estimate of drug-likeness (QED) is 0.518. The van der Waals surface area contributed by atoms with Gasteiger partial charge in [0.15, 0.2) is 0 Å². The minimum Gasteiger partial charge on any atom is -0.481 e. The van der Waals surface area contributed by atoms with Crippen LogP contribution >= 0.6 is 0 Å². The average Bonchev–Trinajstić information content (AvgIpc) is 2.01. The summed E-state index contributed by atoms with van der Waals surface area (Å²) in [5.41, 5.74) is 0. The second-order valence-corrected chi connectivity index (χ2v) is 1.94. The number of aliphatic hydroxyl groups excluding tert-OH is 1. The van der Waals surface area contributed by atoms with E-state index >= 15 is 0 Å². The molecule has 0 saturated heterocycles. The predicted octanol–water partition coefficient (Wildman–Crippen LogP) is -0.497. The summed E-state index contributed by atoms with van der Waals surface area (Å²) in [6.07, 6.45) is -0.865. The molecular weight excluding hydrogens is 180 g/mol. The number of carbonyl (C=O) groups excluding carboxylic acids is 1. The van der Waals surface area contributed by atoms with Crippen molar-refractivity contribution in [1.29, 1.82) is 0 Å². The Hall–Kier alpha value is -1.43. The zero-order chi connectivity index (χ0) is 10.9. The number of rotatable bonds is 4. The molecule has 0 unspecified atom stereocenters. The van der Waals surface area contributed by atoms with Crippen LogP contribution in [0.4, 0.5) is 0 Å². The van der Waals surface area contributed by atoms with Crippen LogP contribution in [0.3, 0.4) is 0 Å². The van der Waals surface area contributed by atoms with Gasteiger partial charge in [0.25, 0.3) is 0 Å². The molecule has 0 amide bonds. The fraction of sp³-hybridized carbons (Fsp3) is 0.571. The van der Waals surface area contributed by atoms with Gasteiger partial charge < -0.3 is 15.3 Å². The molecule has 0 aliphatic carbocycles. The molecule has 76 valence electrons. The molecule has 6 nitrogen and oxygen atoms in total. The Morgan fingerprint density at radius 2 is 1.46 bits per heavy atom. The normalized spacial score (nSPS) is 8.15. The summed E-state index contributed by atoms with van der Waals surface area (Å²) in [4.78, 5) is 29.7. The highest BCUT2D eigenvalue weighted by Crippen LogP contribution is 1.89. The van der Waals surface area contributed by atoms with Gasteiger partial charge in [-0.15, -0.1) is 0 Å². The SMILES string of the molecule is CCO.O=C(O)CCC(=O)C(=O)O. The van der Waals surface area contributed by atoms with Crippen molar-refractivity contribution in [3.05, 3.63) is 0 Å². The standard InChI is InChI=1S/C5H6O5.C2H6O/c6-3(5(9)10)1-2-4(7)8;1-2-3/h1-2H2,(H,7,8)(H,9,10);3H,2H2,1H3. The molecule has 0 spiro atoms. The van der Waals surface area contributed by atoms with E-state index in [9.17, 15) is 14.4 Å². The van der Waals surface area contributed by atoms with Crippen molar-refractivity contribution in [3.63, 3.8) is 0 Å². The first kappa shape index (κ1) is 14.1. The lowest BCUT2D eigenvalue weighted by Crippen LogP contribution is -2.13. The molecule has 13 heavy (non-hydrogen) atoms. The molecule has 0 aromatic heterocycles. The second kappa shape index (κ2) is 8.66. The molecule has 0 rings (SSSR count). The summed E-state index contributed by atoms with van der Waals surface area (Å²) in [6.45, 7) is 1.93. The molecule has 0 heterocycles. The number of ketones is 1. The van der Waals surface area contributed by atoms with Crippen molar-refractivity contribution in [2.45, 2.75) is 19.8 Å². The van der Waals surface area contributed by atoms with Gasteiger partial charge in [-0.3, -0.25) is 9.59 Å². The van der Waals surface area contributed by atoms with E-state index in [1.165, 1.54) is 0 Å². The van der Waals surface area contributed by atoms with E-state index in [2.05, 4.69) is 0 Å². The monoisotopic (exact) mass is 192 g/mol. The Kier molecular flexibility index (Phi) is 9.41. The van der Waals surface area contributed by atoms with E-state index in [1.807, 2.05) is 0 Å². The summed E-state index contributed by atoms with van der Waals surface area (Å²) in [6, 6.07) is 0. The summed E-state index contributed by atoms with van der Waals surface area (Å²) >= 11 is 0. The molecule has 6 heteroatoms. The van der Waals surface area contributed by atoms with Crippen molar-refractivity contribution in [1.82, 2.24) is 0 Å². The molecule has 0 aromatic carbocycles.